The first kappa shape index (κ1) is 16.8. The van der Waals surface area contributed by atoms with Crippen LogP contribution in [0.2, 0.25) is 5.02 Å². The normalized spacial score (nSPS) is 29.3. The summed E-state index contributed by atoms with van der Waals surface area (Å²) < 4.78 is 0. The summed E-state index contributed by atoms with van der Waals surface area (Å²) in [4.78, 5) is 13.2. The van der Waals surface area contributed by atoms with E-state index in [1.165, 1.54) is 24.0 Å². The van der Waals surface area contributed by atoms with Crippen LogP contribution in [0.1, 0.15) is 66.4 Å². The SMILES string of the molecule is CC1(C2CCC(c3ccc(Cl)cc3)CC2)CCc2ccccc2C1=O. The van der Waals surface area contributed by atoms with Crippen molar-refractivity contribution >= 4 is 17.4 Å². The number of carbonyl (C=O) groups excluding carboxylic acids is 1. The van der Waals surface area contributed by atoms with Crippen LogP contribution in [-0.4, -0.2) is 5.78 Å². The van der Waals surface area contributed by atoms with Gasteiger partial charge in [-0.05, 0) is 73.6 Å². The number of ketones is 1. The standard InChI is InChI=1S/C23H25ClO/c1-23(15-14-18-4-2-3-5-21(18)22(23)25)19-10-6-16(7-11-19)17-8-12-20(24)13-9-17/h2-5,8-9,12-13,16,19H,6-7,10-11,14-15H2,1H3. The topological polar surface area (TPSA) is 17.1 Å². The first-order valence-corrected chi connectivity index (χ1v) is 9.84. The van der Waals surface area contributed by atoms with Crippen LogP contribution >= 0.6 is 11.6 Å². The fourth-order valence-electron chi connectivity index (χ4n) is 4.96. The van der Waals surface area contributed by atoms with Crippen molar-refractivity contribution in [3.8, 4) is 0 Å². The molecule has 0 bridgehead atoms. The molecule has 1 fully saturated rings. The number of aryl methyl sites for hydroxylation is 1. The van der Waals surface area contributed by atoms with Crippen LogP contribution in [0.5, 0.6) is 0 Å². The highest BCUT2D eigenvalue weighted by Gasteiger charge is 2.45. The lowest BCUT2D eigenvalue weighted by Crippen LogP contribution is -2.41. The van der Waals surface area contributed by atoms with Crippen LogP contribution in [0.15, 0.2) is 48.5 Å². The minimum atomic E-state index is -0.181. The molecule has 1 nitrogen and oxygen atoms in total. The monoisotopic (exact) mass is 352 g/mol. The molecule has 2 aromatic carbocycles. The van der Waals surface area contributed by atoms with Crippen LogP contribution in [0.4, 0.5) is 0 Å². The van der Waals surface area contributed by atoms with Gasteiger partial charge in [0.05, 0.1) is 0 Å². The Bertz CT molecular complexity index is 771. The maximum Gasteiger partial charge on any atom is 0.169 e. The van der Waals surface area contributed by atoms with Crippen LogP contribution < -0.4 is 0 Å². The summed E-state index contributed by atoms with van der Waals surface area (Å²) in [5, 5.41) is 0.802. The number of fused-ring (bicyclic) bond motifs is 1. The van der Waals surface area contributed by atoms with Crippen molar-refractivity contribution in [3.05, 3.63) is 70.2 Å². The fraction of sp³-hybridized carbons (Fsp3) is 0.435. The minimum Gasteiger partial charge on any atom is -0.294 e. The van der Waals surface area contributed by atoms with E-state index in [0.717, 1.165) is 36.3 Å². The molecule has 130 valence electrons. The molecule has 0 aliphatic heterocycles. The summed E-state index contributed by atoms with van der Waals surface area (Å²) in [5.41, 5.74) is 3.42. The van der Waals surface area contributed by atoms with E-state index in [9.17, 15) is 4.79 Å². The van der Waals surface area contributed by atoms with Gasteiger partial charge in [-0.3, -0.25) is 4.79 Å². The smallest absolute Gasteiger partial charge is 0.169 e. The first-order chi connectivity index (χ1) is 12.1. The molecule has 1 unspecified atom stereocenters. The summed E-state index contributed by atoms with van der Waals surface area (Å²) in [5.74, 6) is 1.50. The van der Waals surface area contributed by atoms with Gasteiger partial charge in [0.25, 0.3) is 0 Å². The zero-order valence-corrected chi connectivity index (χ0v) is 15.6. The summed E-state index contributed by atoms with van der Waals surface area (Å²) in [6.45, 7) is 2.22. The Labute approximate surface area is 155 Å². The molecule has 0 spiro atoms. The Kier molecular flexibility index (Phi) is 4.45. The minimum absolute atomic E-state index is 0.181. The van der Waals surface area contributed by atoms with Crippen LogP contribution in [0.3, 0.4) is 0 Å². The number of Topliss-reactive ketones (excluding diaryl/α,β-unsaturated/α-hetero) is 1. The molecule has 0 radical (unpaired) electrons. The van der Waals surface area contributed by atoms with E-state index in [1.54, 1.807) is 0 Å². The van der Waals surface area contributed by atoms with E-state index >= 15 is 0 Å². The molecular weight excluding hydrogens is 328 g/mol. The van der Waals surface area contributed by atoms with E-state index in [0.29, 0.717) is 17.6 Å². The van der Waals surface area contributed by atoms with E-state index in [1.807, 2.05) is 30.3 Å². The van der Waals surface area contributed by atoms with Gasteiger partial charge in [0.15, 0.2) is 5.78 Å². The third-order valence-corrected chi connectivity index (χ3v) is 6.92. The second-order valence-corrected chi connectivity index (χ2v) is 8.44. The number of hydrogen-bond donors (Lipinski definition) is 0. The van der Waals surface area contributed by atoms with E-state index in [-0.39, 0.29) is 5.41 Å². The van der Waals surface area contributed by atoms with Crippen molar-refractivity contribution in [3.63, 3.8) is 0 Å². The summed E-state index contributed by atoms with van der Waals surface area (Å²) >= 11 is 6.01. The average molecular weight is 353 g/mol. The second-order valence-electron chi connectivity index (χ2n) is 8.00. The van der Waals surface area contributed by atoms with Crippen LogP contribution in [0, 0.1) is 11.3 Å². The lowest BCUT2D eigenvalue weighted by Gasteiger charge is -2.43. The van der Waals surface area contributed by atoms with Crippen molar-refractivity contribution in [2.45, 2.75) is 51.4 Å². The van der Waals surface area contributed by atoms with Crippen molar-refractivity contribution in [2.24, 2.45) is 11.3 Å². The number of halogens is 1. The number of carbonyl (C=O) groups is 1. The van der Waals surface area contributed by atoms with Crippen LogP contribution in [0.25, 0.3) is 0 Å². The Balaban J connectivity index is 1.49. The molecule has 2 aromatic rings. The predicted molar refractivity (Wildman–Crippen MR) is 103 cm³/mol. The van der Waals surface area contributed by atoms with Gasteiger partial charge < -0.3 is 0 Å². The highest BCUT2D eigenvalue weighted by Crippen LogP contribution is 2.49. The van der Waals surface area contributed by atoms with Crippen LogP contribution in [-0.2, 0) is 6.42 Å². The summed E-state index contributed by atoms with van der Waals surface area (Å²) in [6, 6.07) is 16.5. The van der Waals surface area contributed by atoms with Crippen molar-refractivity contribution in [1.82, 2.24) is 0 Å². The molecule has 2 aliphatic carbocycles. The van der Waals surface area contributed by atoms with Gasteiger partial charge in [-0.25, -0.2) is 0 Å². The predicted octanol–water partition coefficient (Wildman–Crippen LogP) is 6.45. The van der Waals surface area contributed by atoms with E-state index in [4.69, 9.17) is 11.6 Å². The zero-order valence-electron chi connectivity index (χ0n) is 14.8. The molecule has 0 N–H and O–H groups in total. The third-order valence-electron chi connectivity index (χ3n) is 6.66. The first-order valence-electron chi connectivity index (χ1n) is 9.46. The van der Waals surface area contributed by atoms with Gasteiger partial charge in [-0.15, -0.1) is 0 Å². The van der Waals surface area contributed by atoms with Gasteiger partial charge in [-0.2, -0.15) is 0 Å². The van der Waals surface area contributed by atoms with Gasteiger partial charge in [0.1, 0.15) is 0 Å². The lowest BCUT2D eigenvalue weighted by molar-refractivity contribution is 0.0581. The Morgan fingerprint density at radius 1 is 0.960 bits per heavy atom. The van der Waals surface area contributed by atoms with Gasteiger partial charge in [-0.1, -0.05) is 54.9 Å². The number of hydrogen-bond acceptors (Lipinski definition) is 1. The van der Waals surface area contributed by atoms with Gasteiger partial charge in [0, 0.05) is 16.0 Å². The highest BCUT2D eigenvalue weighted by molar-refractivity contribution is 6.30. The van der Waals surface area contributed by atoms with Gasteiger partial charge in [0.2, 0.25) is 0 Å². The molecular formula is C23H25ClO. The van der Waals surface area contributed by atoms with Crippen molar-refractivity contribution in [2.75, 3.05) is 0 Å². The molecule has 4 rings (SSSR count). The number of rotatable bonds is 2. The lowest BCUT2D eigenvalue weighted by atomic mass is 9.60. The quantitative estimate of drug-likeness (QED) is 0.607. The molecule has 0 aromatic heterocycles. The summed E-state index contributed by atoms with van der Waals surface area (Å²) in [7, 11) is 0. The Morgan fingerprint density at radius 2 is 1.64 bits per heavy atom. The third kappa shape index (κ3) is 3.04. The molecule has 0 saturated heterocycles. The fourth-order valence-corrected chi connectivity index (χ4v) is 5.09. The molecule has 2 aliphatic rings. The summed E-state index contributed by atoms with van der Waals surface area (Å²) in [6.07, 6.45) is 6.69. The van der Waals surface area contributed by atoms with Gasteiger partial charge >= 0.3 is 0 Å². The highest BCUT2D eigenvalue weighted by atomic mass is 35.5. The maximum absolute atomic E-state index is 13.2. The molecule has 1 atom stereocenters. The molecule has 1 saturated carbocycles. The molecule has 2 heteroatoms. The van der Waals surface area contributed by atoms with Crippen molar-refractivity contribution in [1.29, 1.82) is 0 Å². The Hall–Kier alpha value is -1.60. The zero-order chi connectivity index (χ0) is 17.4. The second kappa shape index (κ2) is 6.61. The maximum atomic E-state index is 13.2. The van der Waals surface area contributed by atoms with Crippen molar-refractivity contribution < 1.29 is 4.79 Å². The molecule has 25 heavy (non-hydrogen) atoms. The molecule has 0 heterocycles. The Morgan fingerprint density at radius 3 is 2.36 bits per heavy atom. The average Bonchev–Trinajstić information content (AvgIpc) is 2.66. The van der Waals surface area contributed by atoms with E-state index in [2.05, 4.69) is 25.1 Å². The van der Waals surface area contributed by atoms with E-state index < -0.39 is 0 Å². The molecule has 0 amide bonds. The number of benzene rings is 2. The largest absolute Gasteiger partial charge is 0.294 e.